The Labute approximate surface area is 150 Å². The number of nitrogens with one attached hydrogen (secondary N) is 1. The molecule has 0 aliphatic carbocycles. The molecule has 4 nitrogen and oxygen atoms in total. The zero-order valence-electron chi connectivity index (χ0n) is 13.3. The van der Waals surface area contributed by atoms with E-state index in [0.29, 0.717) is 15.8 Å². The number of anilines is 1. The van der Waals surface area contributed by atoms with Crippen LogP contribution >= 0.6 is 23.4 Å². The van der Waals surface area contributed by atoms with Crippen molar-refractivity contribution in [3.63, 3.8) is 0 Å². The maximum atomic E-state index is 12.2. The molecule has 1 amide bonds. The largest absolute Gasteiger partial charge is 0.379 e. The van der Waals surface area contributed by atoms with E-state index in [9.17, 15) is 4.79 Å². The first-order valence-corrected chi connectivity index (χ1v) is 8.98. The monoisotopic (exact) mass is 359 g/mol. The van der Waals surface area contributed by atoms with Crippen molar-refractivity contribution in [3.8, 4) is 0 Å². The SMILES string of the molecule is CC1(c2ccc(NC(=O)c3ccc(Cl)cc3)cc2)CCSC(N)=N1. The minimum Gasteiger partial charge on any atom is -0.379 e. The van der Waals surface area contributed by atoms with Gasteiger partial charge in [0.25, 0.3) is 5.91 Å². The van der Waals surface area contributed by atoms with Gasteiger partial charge in [-0.2, -0.15) is 0 Å². The molecule has 0 radical (unpaired) electrons. The number of amidine groups is 1. The molecule has 1 heterocycles. The third-order valence-electron chi connectivity index (χ3n) is 4.07. The number of hydrogen-bond donors (Lipinski definition) is 2. The molecule has 3 N–H and O–H groups in total. The third-order valence-corrected chi connectivity index (χ3v) is 5.11. The van der Waals surface area contributed by atoms with E-state index in [4.69, 9.17) is 17.3 Å². The van der Waals surface area contributed by atoms with Crippen molar-refractivity contribution in [1.82, 2.24) is 0 Å². The summed E-state index contributed by atoms with van der Waals surface area (Å²) in [6.07, 6.45) is 0.939. The molecule has 2 aromatic rings. The normalized spacial score (nSPS) is 20.3. The summed E-state index contributed by atoms with van der Waals surface area (Å²) in [5.74, 6) is 0.794. The second-order valence-electron chi connectivity index (χ2n) is 5.86. The van der Waals surface area contributed by atoms with Gasteiger partial charge in [0.2, 0.25) is 0 Å². The van der Waals surface area contributed by atoms with E-state index in [1.807, 2.05) is 24.3 Å². The first-order valence-electron chi connectivity index (χ1n) is 7.62. The lowest BCUT2D eigenvalue weighted by Gasteiger charge is -2.29. The summed E-state index contributed by atoms with van der Waals surface area (Å²) < 4.78 is 0. The fourth-order valence-electron chi connectivity index (χ4n) is 2.61. The van der Waals surface area contributed by atoms with Crippen molar-refractivity contribution in [3.05, 3.63) is 64.7 Å². The molecule has 0 spiro atoms. The van der Waals surface area contributed by atoms with Crippen molar-refractivity contribution >= 4 is 40.1 Å². The van der Waals surface area contributed by atoms with Crippen LogP contribution in [0.1, 0.15) is 29.3 Å². The number of nitrogens with two attached hydrogens (primary N) is 1. The zero-order valence-corrected chi connectivity index (χ0v) is 14.8. The Balaban J connectivity index is 1.74. The van der Waals surface area contributed by atoms with E-state index >= 15 is 0 Å². The van der Waals surface area contributed by atoms with Gasteiger partial charge in [0.15, 0.2) is 5.17 Å². The minimum atomic E-state index is -0.298. The lowest BCUT2D eigenvalue weighted by atomic mass is 9.90. The Bertz CT molecular complexity index is 774. The predicted molar refractivity (Wildman–Crippen MR) is 102 cm³/mol. The van der Waals surface area contributed by atoms with Crippen molar-refractivity contribution < 1.29 is 4.79 Å². The molecular weight excluding hydrogens is 342 g/mol. The maximum absolute atomic E-state index is 12.2. The summed E-state index contributed by atoms with van der Waals surface area (Å²) >= 11 is 7.42. The smallest absolute Gasteiger partial charge is 0.255 e. The van der Waals surface area contributed by atoms with E-state index < -0.39 is 0 Å². The highest BCUT2D eigenvalue weighted by Crippen LogP contribution is 2.35. The van der Waals surface area contributed by atoms with Gasteiger partial charge < -0.3 is 11.1 Å². The number of hydrogen-bond acceptors (Lipinski definition) is 4. The van der Waals surface area contributed by atoms with E-state index in [1.165, 1.54) is 0 Å². The quantitative estimate of drug-likeness (QED) is 0.860. The van der Waals surface area contributed by atoms with Gasteiger partial charge in [-0.3, -0.25) is 9.79 Å². The first-order chi connectivity index (χ1) is 11.5. The van der Waals surface area contributed by atoms with Crippen LogP contribution in [-0.4, -0.2) is 16.8 Å². The Morgan fingerprint density at radius 3 is 2.50 bits per heavy atom. The number of carbonyl (C=O) groups is 1. The zero-order chi connectivity index (χ0) is 17.2. The highest BCUT2D eigenvalue weighted by Gasteiger charge is 2.29. The van der Waals surface area contributed by atoms with Crippen molar-refractivity contribution in [2.75, 3.05) is 11.1 Å². The van der Waals surface area contributed by atoms with Gasteiger partial charge in [0, 0.05) is 22.0 Å². The van der Waals surface area contributed by atoms with Crippen LogP contribution < -0.4 is 11.1 Å². The Morgan fingerprint density at radius 1 is 1.21 bits per heavy atom. The lowest BCUT2D eigenvalue weighted by molar-refractivity contribution is 0.102. The fraction of sp³-hybridized carbons (Fsp3) is 0.222. The summed E-state index contributed by atoms with van der Waals surface area (Å²) in [5, 5.41) is 4.12. The molecule has 3 rings (SSSR count). The fourth-order valence-corrected chi connectivity index (χ4v) is 3.71. The highest BCUT2D eigenvalue weighted by atomic mass is 35.5. The van der Waals surface area contributed by atoms with Gasteiger partial charge in [-0.25, -0.2) is 0 Å². The molecule has 0 saturated heterocycles. The molecule has 0 fully saturated rings. The van der Waals surface area contributed by atoms with Crippen LogP contribution in [0.25, 0.3) is 0 Å². The number of amides is 1. The summed E-state index contributed by atoms with van der Waals surface area (Å²) in [5.41, 5.74) is 7.97. The number of aliphatic imine (C=N–C) groups is 1. The minimum absolute atomic E-state index is 0.165. The molecular formula is C18H18ClN3OS. The molecule has 124 valence electrons. The topological polar surface area (TPSA) is 67.5 Å². The van der Waals surface area contributed by atoms with Gasteiger partial charge >= 0.3 is 0 Å². The van der Waals surface area contributed by atoms with Crippen molar-refractivity contribution in [1.29, 1.82) is 0 Å². The Morgan fingerprint density at radius 2 is 1.88 bits per heavy atom. The van der Waals surface area contributed by atoms with Crippen LogP contribution in [0.15, 0.2) is 53.5 Å². The number of nitrogens with zero attached hydrogens (tertiary/aromatic N) is 1. The van der Waals surface area contributed by atoms with Gasteiger partial charge in [-0.15, -0.1) is 0 Å². The second kappa shape index (κ2) is 6.87. The third kappa shape index (κ3) is 3.74. The maximum Gasteiger partial charge on any atom is 0.255 e. The highest BCUT2D eigenvalue weighted by molar-refractivity contribution is 8.13. The van der Waals surface area contributed by atoms with E-state index in [-0.39, 0.29) is 11.4 Å². The van der Waals surface area contributed by atoms with Crippen LogP contribution in [0, 0.1) is 0 Å². The summed E-state index contributed by atoms with van der Waals surface area (Å²) in [6, 6.07) is 14.6. The first kappa shape index (κ1) is 16.9. The number of benzene rings is 2. The van der Waals surface area contributed by atoms with Crippen LogP contribution in [-0.2, 0) is 5.54 Å². The van der Waals surface area contributed by atoms with Gasteiger partial charge in [-0.05, 0) is 55.3 Å². The molecule has 1 atom stereocenters. The van der Waals surface area contributed by atoms with Crippen molar-refractivity contribution in [2.24, 2.45) is 10.7 Å². The average Bonchev–Trinajstić information content (AvgIpc) is 2.56. The van der Waals surface area contributed by atoms with E-state index in [2.05, 4.69) is 17.2 Å². The van der Waals surface area contributed by atoms with Gasteiger partial charge in [-0.1, -0.05) is 35.5 Å². The molecule has 24 heavy (non-hydrogen) atoms. The van der Waals surface area contributed by atoms with E-state index in [1.54, 1.807) is 36.0 Å². The lowest BCUT2D eigenvalue weighted by Crippen LogP contribution is -2.28. The molecule has 1 aliphatic rings. The Kier molecular flexibility index (Phi) is 4.83. The molecule has 6 heteroatoms. The van der Waals surface area contributed by atoms with Crippen molar-refractivity contribution in [2.45, 2.75) is 18.9 Å². The van der Waals surface area contributed by atoms with Crippen LogP contribution in [0.3, 0.4) is 0 Å². The summed E-state index contributed by atoms with van der Waals surface area (Å²) in [4.78, 5) is 16.8. The van der Waals surface area contributed by atoms with Gasteiger partial charge in [0.1, 0.15) is 0 Å². The predicted octanol–water partition coefficient (Wildman–Crippen LogP) is 4.26. The second-order valence-corrected chi connectivity index (χ2v) is 7.41. The number of halogens is 1. The van der Waals surface area contributed by atoms with E-state index in [0.717, 1.165) is 23.4 Å². The standard InChI is InChI=1S/C18H18ClN3OS/c1-18(10-11-24-17(20)22-18)13-4-8-15(9-5-13)21-16(23)12-2-6-14(19)7-3-12/h2-9H,10-11H2,1H3,(H2,20,22)(H,21,23). The summed E-state index contributed by atoms with van der Waals surface area (Å²) in [7, 11) is 0. The van der Waals surface area contributed by atoms with Crippen LogP contribution in [0.5, 0.6) is 0 Å². The van der Waals surface area contributed by atoms with Crippen LogP contribution in [0.2, 0.25) is 5.02 Å². The molecule has 0 aromatic heterocycles. The number of thioether (sulfide) groups is 1. The Hall–Kier alpha value is -1.98. The molecule has 0 bridgehead atoms. The van der Waals surface area contributed by atoms with Crippen LogP contribution in [0.4, 0.5) is 5.69 Å². The number of rotatable bonds is 3. The molecule has 2 aromatic carbocycles. The van der Waals surface area contributed by atoms with Gasteiger partial charge in [0.05, 0.1) is 5.54 Å². The molecule has 1 aliphatic heterocycles. The molecule has 1 unspecified atom stereocenters. The summed E-state index contributed by atoms with van der Waals surface area (Å²) in [6.45, 7) is 2.08. The average molecular weight is 360 g/mol. The molecule has 0 saturated carbocycles. The number of carbonyl (C=O) groups excluding carboxylic acids is 1.